The number of carboxylic acids is 1. The topological polar surface area (TPSA) is 65.0 Å². The Hall–Kier alpha value is -0.910. The molecule has 0 saturated heterocycles. The molecular formula is C20H40O5. The van der Waals surface area contributed by atoms with Crippen LogP contribution in [0, 0.1) is 5.92 Å². The molecule has 0 aliphatic heterocycles. The van der Waals surface area contributed by atoms with Crippen molar-refractivity contribution in [3.8, 4) is 0 Å². The normalized spacial score (nSPS) is 12.2. The van der Waals surface area contributed by atoms with Gasteiger partial charge in [0.25, 0.3) is 5.97 Å². The second-order valence-electron chi connectivity index (χ2n) is 6.34. The van der Waals surface area contributed by atoms with Crippen molar-refractivity contribution in [1.29, 1.82) is 0 Å². The van der Waals surface area contributed by atoms with E-state index in [1.807, 2.05) is 0 Å². The van der Waals surface area contributed by atoms with E-state index in [0.29, 0.717) is 5.92 Å². The third-order valence-electron chi connectivity index (χ3n) is 4.26. The van der Waals surface area contributed by atoms with Gasteiger partial charge in [-0.15, -0.1) is 0 Å². The highest BCUT2D eigenvalue weighted by Gasteiger charge is 2.38. The molecule has 0 heterocycles. The van der Waals surface area contributed by atoms with Crippen molar-refractivity contribution in [3.05, 3.63) is 12.2 Å². The van der Waals surface area contributed by atoms with E-state index in [1.54, 1.807) is 21.3 Å². The molecule has 0 radical (unpaired) electrons. The Bertz CT molecular complexity index is 317. The molecular weight excluding hydrogens is 320 g/mol. The van der Waals surface area contributed by atoms with Gasteiger partial charge in [0.2, 0.25) is 0 Å². The summed E-state index contributed by atoms with van der Waals surface area (Å²) in [6, 6.07) is 0. The van der Waals surface area contributed by atoms with Crippen molar-refractivity contribution in [1.82, 2.24) is 0 Å². The van der Waals surface area contributed by atoms with Crippen molar-refractivity contribution in [2.45, 2.75) is 84.5 Å². The minimum Gasteiger partial charge on any atom is -0.478 e. The molecule has 1 N–H and O–H groups in total. The molecule has 0 aliphatic rings. The zero-order valence-corrected chi connectivity index (χ0v) is 17.2. The molecule has 0 aromatic heterocycles. The Morgan fingerprint density at radius 2 is 1.36 bits per heavy atom. The summed E-state index contributed by atoms with van der Waals surface area (Å²) in [5.74, 6) is -1.49. The summed E-state index contributed by atoms with van der Waals surface area (Å²) >= 11 is 0. The molecule has 0 aromatic rings. The van der Waals surface area contributed by atoms with E-state index in [0.717, 1.165) is 19.3 Å². The molecule has 0 amide bonds. The Labute approximate surface area is 154 Å². The van der Waals surface area contributed by atoms with Crippen molar-refractivity contribution >= 4 is 5.97 Å². The molecule has 25 heavy (non-hydrogen) atoms. The fraction of sp³-hybridized carbons (Fsp3) is 0.850. The summed E-state index contributed by atoms with van der Waals surface area (Å²) in [4.78, 5) is 9.60. The highest BCUT2D eigenvalue weighted by Crippen LogP contribution is 2.32. The Morgan fingerprint density at radius 3 is 1.72 bits per heavy atom. The molecule has 0 spiro atoms. The lowest BCUT2D eigenvalue weighted by atomic mass is 9.93. The van der Waals surface area contributed by atoms with E-state index in [1.165, 1.54) is 45.4 Å². The molecule has 0 aromatic carbocycles. The maximum atomic E-state index is 9.60. The van der Waals surface area contributed by atoms with Gasteiger partial charge < -0.3 is 19.3 Å². The summed E-state index contributed by atoms with van der Waals surface area (Å²) < 4.78 is 16.5. The number of carbonyl (C=O) groups is 1. The number of rotatable bonds is 14. The van der Waals surface area contributed by atoms with E-state index >= 15 is 0 Å². The lowest BCUT2D eigenvalue weighted by Crippen LogP contribution is -2.44. The minimum absolute atomic E-state index is 0.176. The number of hydrogen-bond acceptors (Lipinski definition) is 4. The third-order valence-corrected chi connectivity index (χ3v) is 4.26. The third kappa shape index (κ3) is 12.1. The first-order chi connectivity index (χ1) is 11.8. The van der Waals surface area contributed by atoms with Gasteiger partial charge in [0, 0.05) is 32.8 Å². The monoisotopic (exact) mass is 360 g/mol. The van der Waals surface area contributed by atoms with Crippen LogP contribution in [0.1, 0.15) is 78.6 Å². The largest absolute Gasteiger partial charge is 0.478 e. The predicted octanol–water partition coefficient (Wildman–Crippen LogP) is 5.39. The van der Waals surface area contributed by atoms with Gasteiger partial charge in [-0.05, 0) is 19.8 Å². The van der Waals surface area contributed by atoms with Crippen LogP contribution in [0.4, 0.5) is 0 Å². The average molecular weight is 361 g/mol. The van der Waals surface area contributed by atoms with E-state index < -0.39 is 11.9 Å². The van der Waals surface area contributed by atoms with Crippen LogP contribution >= 0.6 is 0 Å². The summed E-state index contributed by atoms with van der Waals surface area (Å²) in [5.41, 5.74) is 0.176. The van der Waals surface area contributed by atoms with Crippen LogP contribution in [0.15, 0.2) is 12.2 Å². The first-order valence-corrected chi connectivity index (χ1v) is 9.39. The van der Waals surface area contributed by atoms with Crippen molar-refractivity contribution in [2.75, 3.05) is 21.3 Å². The lowest BCUT2D eigenvalue weighted by Gasteiger charge is -2.36. The predicted molar refractivity (Wildman–Crippen MR) is 103 cm³/mol. The van der Waals surface area contributed by atoms with Crippen LogP contribution in [0.2, 0.25) is 0 Å². The van der Waals surface area contributed by atoms with Crippen molar-refractivity contribution in [3.63, 3.8) is 0 Å². The number of carboxylic acid groups (broad SMARTS) is 1. The van der Waals surface area contributed by atoms with E-state index in [9.17, 15) is 4.79 Å². The number of aliphatic carboxylic acids is 1. The van der Waals surface area contributed by atoms with Gasteiger partial charge in [-0.1, -0.05) is 65.4 Å². The quantitative estimate of drug-likeness (QED) is 0.255. The van der Waals surface area contributed by atoms with Crippen LogP contribution in [0.25, 0.3) is 0 Å². The summed E-state index contributed by atoms with van der Waals surface area (Å²) in [6.45, 7) is 9.05. The molecule has 0 fully saturated rings. The van der Waals surface area contributed by atoms with Crippen LogP contribution in [0.3, 0.4) is 0 Å². The number of methoxy groups -OCH3 is 3. The number of unbranched alkanes of at least 4 members (excludes halogenated alkanes) is 5. The van der Waals surface area contributed by atoms with E-state index in [4.69, 9.17) is 19.3 Å². The highest BCUT2D eigenvalue weighted by atomic mass is 16.9. The molecule has 0 aliphatic carbocycles. The first-order valence-electron chi connectivity index (χ1n) is 9.39. The fourth-order valence-electron chi connectivity index (χ4n) is 2.77. The zero-order chi connectivity index (χ0) is 19.7. The van der Waals surface area contributed by atoms with Crippen LogP contribution < -0.4 is 0 Å². The summed E-state index contributed by atoms with van der Waals surface area (Å²) in [5, 5.41) is 7.89. The van der Waals surface area contributed by atoms with Crippen LogP contribution in [0.5, 0.6) is 0 Å². The fourth-order valence-corrected chi connectivity index (χ4v) is 2.77. The second kappa shape index (κ2) is 16.6. The molecule has 0 rings (SSSR count). The van der Waals surface area contributed by atoms with Crippen molar-refractivity contribution < 1.29 is 24.1 Å². The summed E-state index contributed by atoms with van der Waals surface area (Å²) in [7, 11) is 4.99. The molecule has 1 atom stereocenters. The molecule has 150 valence electrons. The van der Waals surface area contributed by atoms with Gasteiger partial charge in [-0.3, -0.25) is 0 Å². The summed E-state index contributed by atoms with van der Waals surface area (Å²) in [6.07, 6.45) is 11.2. The standard InChI is InChI=1S/C16H34O3.C4H6O2/c1-6-8-9-10-11-12-14-15(13-7-2)16(17-3,18-4)19-5;1-3(2)4(5)6/h15H,6-14H2,1-5H3;1H2,2H3,(H,5,6). The van der Waals surface area contributed by atoms with Gasteiger partial charge >= 0.3 is 5.97 Å². The first kappa shape index (κ1) is 26.3. The lowest BCUT2D eigenvalue weighted by molar-refractivity contribution is -0.380. The second-order valence-corrected chi connectivity index (χ2v) is 6.34. The minimum atomic E-state index is -0.935. The SMILES string of the molecule is C=C(C)C(=O)O.CCCCCCCCC(CCC)C(OC)(OC)OC. The van der Waals surface area contributed by atoms with Gasteiger partial charge in [-0.2, -0.15) is 0 Å². The Balaban J connectivity index is 0. The number of hydrogen-bond donors (Lipinski definition) is 1. The van der Waals surface area contributed by atoms with Gasteiger partial charge in [0.1, 0.15) is 0 Å². The molecule has 0 bridgehead atoms. The Morgan fingerprint density at radius 1 is 0.920 bits per heavy atom. The highest BCUT2D eigenvalue weighted by molar-refractivity contribution is 5.84. The molecule has 1 unspecified atom stereocenters. The van der Waals surface area contributed by atoms with E-state index in [2.05, 4.69) is 20.4 Å². The zero-order valence-electron chi connectivity index (χ0n) is 17.2. The van der Waals surface area contributed by atoms with Gasteiger partial charge in [-0.25, -0.2) is 4.79 Å². The van der Waals surface area contributed by atoms with Crippen LogP contribution in [-0.2, 0) is 19.0 Å². The smallest absolute Gasteiger partial charge is 0.330 e. The molecule has 5 heteroatoms. The van der Waals surface area contributed by atoms with Crippen LogP contribution in [-0.4, -0.2) is 38.4 Å². The molecule has 5 nitrogen and oxygen atoms in total. The molecule has 0 saturated carbocycles. The Kier molecular flexibility index (Phi) is 17.4. The van der Waals surface area contributed by atoms with Gasteiger partial charge in [0.05, 0.1) is 0 Å². The number of ether oxygens (including phenoxy) is 3. The maximum absolute atomic E-state index is 9.60. The average Bonchev–Trinajstić information content (AvgIpc) is 2.60. The van der Waals surface area contributed by atoms with Gasteiger partial charge in [0.15, 0.2) is 0 Å². The van der Waals surface area contributed by atoms with E-state index in [-0.39, 0.29) is 5.57 Å². The maximum Gasteiger partial charge on any atom is 0.330 e. The van der Waals surface area contributed by atoms with Crippen molar-refractivity contribution in [2.24, 2.45) is 5.92 Å².